The molecule has 0 amide bonds. The minimum atomic E-state index is -0.444. The smallest absolute Gasteiger partial charge is 0.330 e. The first-order valence-electron chi connectivity index (χ1n) is 9.90. The predicted octanol–water partition coefficient (Wildman–Crippen LogP) is 2.00. The average molecular weight is 362 g/mol. The van der Waals surface area contributed by atoms with Crippen LogP contribution in [0.1, 0.15) is 57.9 Å². The van der Waals surface area contributed by atoms with Crippen LogP contribution in [0.2, 0.25) is 0 Å². The zero-order valence-electron chi connectivity index (χ0n) is 15.8. The van der Waals surface area contributed by atoms with Crippen molar-refractivity contribution in [2.24, 2.45) is 23.2 Å². The summed E-state index contributed by atoms with van der Waals surface area (Å²) >= 11 is 0. The summed E-state index contributed by atoms with van der Waals surface area (Å²) in [4.78, 5) is 27.4. The van der Waals surface area contributed by atoms with Gasteiger partial charge in [0, 0.05) is 17.2 Å². The molecule has 0 aliphatic heterocycles. The molecule has 2 atom stereocenters. The van der Waals surface area contributed by atoms with Gasteiger partial charge in [0.05, 0.1) is 13.2 Å². The molecule has 4 fully saturated rings. The Morgan fingerprint density at radius 1 is 1.27 bits per heavy atom. The van der Waals surface area contributed by atoms with Gasteiger partial charge in [0.1, 0.15) is 6.73 Å². The van der Waals surface area contributed by atoms with E-state index in [-0.39, 0.29) is 30.9 Å². The van der Waals surface area contributed by atoms with Crippen molar-refractivity contribution in [3.8, 4) is 0 Å². The number of aliphatic hydroxyl groups excluding tert-OH is 1. The fourth-order valence-electron chi connectivity index (χ4n) is 6.53. The molecule has 6 heteroatoms. The number of H-pyrrole nitrogens is 1. The predicted molar refractivity (Wildman–Crippen MR) is 98.0 cm³/mol. The van der Waals surface area contributed by atoms with Crippen molar-refractivity contribution in [2.75, 3.05) is 13.2 Å². The van der Waals surface area contributed by atoms with Gasteiger partial charge in [0.15, 0.2) is 0 Å². The van der Waals surface area contributed by atoms with Crippen molar-refractivity contribution < 1.29 is 9.84 Å². The minimum absolute atomic E-state index is 0.0570. The highest BCUT2D eigenvalue weighted by Crippen LogP contribution is 2.67. The maximum absolute atomic E-state index is 12.8. The summed E-state index contributed by atoms with van der Waals surface area (Å²) in [5, 5.41) is 8.88. The van der Waals surface area contributed by atoms with Crippen molar-refractivity contribution >= 4 is 0 Å². The van der Waals surface area contributed by atoms with Crippen LogP contribution < -0.4 is 11.2 Å². The summed E-state index contributed by atoms with van der Waals surface area (Å²) in [5.41, 5.74) is 0.331. The second kappa shape index (κ2) is 6.34. The number of rotatable bonds is 6. The largest absolute Gasteiger partial charge is 0.394 e. The van der Waals surface area contributed by atoms with Gasteiger partial charge in [0.2, 0.25) is 0 Å². The van der Waals surface area contributed by atoms with E-state index in [4.69, 9.17) is 9.84 Å². The first-order valence-corrected chi connectivity index (χ1v) is 9.90. The third kappa shape index (κ3) is 2.78. The number of nitrogens with one attached hydrogen (secondary N) is 1. The van der Waals surface area contributed by atoms with Crippen molar-refractivity contribution in [1.82, 2.24) is 9.55 Å². The highest BCUT2D eigenvalue weighted by Gasteiger charge is 2.59. The Kier molecular flexibility index (Phi) is 4.39. The number of ether oxygens (including phenoxy) is 1. The molecule has 4 aliphatic carbocycles. The molecular weight excluding hydrogens is 332 g/mol. The quantitative estimate of drug-likeness (QED) is 0.758. The molecule has 0 aromatic carbocycles. The van der Waals surface area contributed by atoms with Crippen LogP contribution in [0.15, 0.2) is 15.8 Å². The van der Waals surface area contributed by atoms with E-state index in [2.05, 4.69) is 18.8 Å². The topological polar surface area (TPSA) is 84.3 Å². The SMILES string of the molecule is CC(C)C12CC3CC(CC(c4cn(COCCO)c(=O)[nH]c4=O)(C3)C1)C2. The Labute approximate surface area is 153 Å². The van der Waals surface area contributed by atoms with Crippen LogP contribution in [0.3, 0.4) is 0 Å². The average Bonchev–Trinajstić information content (AvgIpc) is 2.55. The van der Waals surface area contributed by atoms with Gasteiger partial charge in [-0.15, -0.1) is 0 Å². The van der Waals surface area contributed by atoms with Crippen LogP contribution in [0.4, 0.5) is 0 Å². The fourth-order valence-corrected chi connectivity index (χ4v) is 6.53. The molecule has 26 heavy (non-hydrogen) atoms. The molecule has 2 N–H and O–H groups in total. The molecule has 1 aromatic rings. The van der Waals surface area contributed by atoms with E-state index in [1.54, 1.807) is 6.20 Å². The van der Waals surface area contributed by atoms with Crippen LogP contribution in [0, 0.1) is 23.2 Å². The lowest BCUT2D eigenvalue weighted by molar-refractivity contribution is -0.0968. The van der Waals surface area contributed by atoms with E-state index >= 15 is 0 Å². The molecule has 0 saturated heterocycles. The highest BCUT2D eigenvalue weighted by molar-refractivity contribution is 5.27. The second-order valence-electron chi connectivity index (χ2n) is 9.29. The summed E-state index contributed by atoms with van der Waals surface area (Å²) in [7, 11) is 0. The standard InChI is InChI=1S/C20H30N2O4/c1-13(2)19-6-14-5-15(7-19)9-20(8-14,11-19)16-10-22(12-26-4-3-23)18(25)21-17(16)24/h10,13-15,23H,3-9,11-12H2,1-2H3,(H,21,24,25). The zero-order valence-corrected chi connectivity index (χ0v) is 15.8. The Morgan fingerprint density at radius 3 is 2.58 bits per heavy atom. The molecule has 5 rings (SSSR count). The van der Waals surface area contributed by atoms with Crippen LogP contribution in [-0.4, -0.2) is 27.9 Å². The lowest BCUT2D eigenvalue weighted by Gasteiger charge is -2.63. The molecule has 144 valence electrons. The highest BCUT2D eigenvalue weighted by atomic mass is 16.5. The summed E-state index contributed by atoms with van der Waals surface area (Å²) in [6.45, 7) is 4.80. The summed E-state index contributed by atoms with van der Waals surface area (Å²) < 4.78 is 6.75. The lowest BCUT2D eigenvalue weighted by atomic mass is 9.41. The van der Waals surface area contributed by atoms with Gasteiger partial charge in [-0.2, -0.15) is 0 Å². The van der Waals surface area contributed by atoms with Crippen LogP contribution >= 0.6 is 0 Å². The number of aromatic amines is 1. The van der Waals surface area contributed by atoms with Crippen LogP contribution in [0.25, 0.3) is 0 Å². The van der Waals surface area contributed by atoms with Crippen molar-refractivity contribution in [3.63, 3.8) is 0 Å². The maximum atomic E-state index is 12.8. The first kappa shape index (κ1) is 18.0. The zero-order chi connectivity index (χ0) is 18.5. The van der Waals surface area contributed by atoms with Gasteiger partial charge in [-0.3, -0.25) is 14.3 Å². The summed E-state index contributed by atoms with van der Waals surface area (Å²) in [5.74, 6) is 2.01. The van der Waals surface area contributed by atoms with Gasteiger partial charge in [-0.05, 0) is 61.7 Å². The van der Waals surface area contributed by atoms with Crippen molar-refractivity contribution in [3.05, 3.63) is 32.6 Å². The molecule has 2 unspecified atom stereocenters. The van der Waals surface area contributed by atoms with Crippen molar-refractivity contribution in [1.29, 1.82) is 0 Å². The molecule has 1 heterocycles. The van der Waals surface area contributed by atoms with Gasteiger partial charge >= 0.3 is 5.69 Å². The fraction of sp³-hybridized carbons (Fsp3) is 0.800. The first-order chi connectivity index (χ1) is 12.4. The maximum Gasteiger partial charge on any atom is 0.330 e. The minimum Gasteiger partial charge on any atom is -0.394 e. The number of hydrogen-bond acceptors (Lipinski definition) is 4. The molecule has 1 aromatic heterocycles. The number of aromatic nitrogens is 2. The normalized spacial score (nSPS) is 35.4. The summed E-state index contributed by atoms with van der Waals surface area (Å²) in [6.07, 6.45) is 8.81. The van der Waals surface area contributed by atoms with E-state index in [0.717, 1.165) is 24.8 Å². The van der Waals surface area contributed by atoms with Gasteiger partial charge in [-0.1, -0.05) is 13.8 Å². The number of hydrogen-bond donors (Lipinski definition) is 2. The monoisotopic (exact) mass is 362 g/mol. The molecule has 4 bridgehead atoms. The second-order valence-corrected chi connectivity index (χ2v) is 9.29. The van der Waals surface area contributed by atoms with E-state index in [9.17, 15) is 9.59 Å². The van der Waals surface area contributed by atoms with E-state index in [1.165, 1.54) is 23.8 Å². The Morgan fingerprint density at radius 2 is 1.96 bits per heavy atom. The van der Waals surface area contributed by atoms with Crippen LogP contribution in [-0.2, 0) is 16.9 Å². The number of nitrogens with zero attached hydrogens (tertiary/aromatic N) is 1. The number of aliphatic hydroxyl groups is 1. The lowest BCUT2D eigenvalue weighted by Crippen LogP contribution is -2.57. The van der Waals surface area contributed by atoms with Gasteiger partial charge in [-0.25, -0.2) is 4.79 Å². The molecule has 6 nitrogen and oxygen atoms in total. The van der Waals surface area contributed by atoms with Crippen molar-refractivity contribution in [2.45, 2.75) is 64.5 Å². The van der Waals surface area contributed by atoms with E-state index < -0.39 is 5.69 Å². The molecule has 4 saturated carbocycles. The Bertz CT molecular complexity index is 780. The molecule has 4 aliphatic rings. The Hall–Kier alpha value is -1.40. The van der Waals surface area contributed by atoms with Gasteiger partial charge in [0.25, 0.3) is 5.56 Å². The third-order valence-corrected chi connectivity index (χ3v) is 7.38. The summed E-state index contributed by atoms with van der Waals surface area (Å²) in [6, 6.07) is 0. The van der Waals surface area contributed by atoms with Crippen LogP contribution in [0.5, 0.6) is 0 Å². The van der Waals surface area contributed by atoms with Gasteiger partial charge < -0.3 is 9.84 Å². The third-order valence-electron chi connectivity index (χ3n) is 7.38. The van der Waals surface area contributed by atoms with E-state index in [0.29, 0.717) is 23.2 Å². The molecular formula is C20H30N2O4. The van der Waals surface area contributed by atoms with E-state index in [1.807, 2.05) is 0 Å². The molecule has 0 spiro atoms. The molecule has 0 radical (unpaired) electrons. The Balaban J connectivity index is 1.74.